The van der Waals surface area contributed by atoms with Crippen LogP contribution in [0.3, 0.4) is 0 Å². The summed E-state index contributed by atoms with van der Waals surface area (Å²) in [6.07, 6.45) is 3.87. The number of aliphatic hydroxyl groups excluding tert-OH is 1. The molecule has 12 heavy (non-hydrogen) atoms. The molecule has 0 bridgehead atoms. The fourth-order valence-corrected chi connectivity index (χ4v) is 2.96. The summed E-state index contributed by atoms with van der Waals surface area (Å²) in [6.45, 7) is 6.80. The first-order valence-corrected chi connectivity index (χ1v) is 5.23. The van der Waals surface area contributed by atoms with Crippen LogP contribution in [0.25, 0.3) is 0 Å². The van der Waals surface area contributed by atoms with Gasteiger partial charge in [0.15, 0.2) is 0 Å². The third-order valence-corrected chi connectivity index (χ3v) is 4.18. The Bertz CT molecular complexity index is 187. The van der Waals surface area contributed by atoms with Crippen LogP contribution >= 0.6 is 0 Å². The van der Waals surface area contributed by atoms with Gasteiger partial charge in [0.05, 0.1) is 6.10 Å². The van der Waals surface area contributed by atoms with E-state index in [1.165, 1.54) is 19.3 Å². The quantitative estimate of drug-likeness (QED) is 0.637. The van der Waals surface area contributed by atoms with Gasteiger partial charge >= 0.3 is 0 Å². The second kappa shape index (κ2) is 2.47. The highest BCUT2D eigenvalue weighted by Crippen LogP contribution is 2.62. The van der Waals surface area contributed by atoms with Crippen LogP contribution in [0.4, 0.5) is 0 Å². The maximum Gasteiger partial charge on any atom is 0.0604 e. The Morgan fingerprint density at radius 3 is 2.67 bits per heavy atom. The van der Waals surface area contributed by atoms with Gasteiger partial charge in [-0.15, -0.1) is 0 Å². The summed E-state index contributed by atoms with van der Waals surface area (Å²) < 4.78 is 0. The zero-order chi connectivity index (χ0) is 8.93. The monoisotopic (exact) mass is 168 g/mol. The zero-order valence-electron chi connectivity index (χ0n) is 8.38. The second-order valence-electron chi connectivity index (χ2n) is 5.40. The Morgan fingerprint density at radius 1 is 1.42 bits per heavy atom. The highest BCUT2D eigenvalue weighted by atomic mass is 16.3. The maximum absolute atomic E-state index is 10.0. The Labute approximate surface area is 75.2 Å². The summed E-state index contributed by atoms with van der Waals surface area (Å²) in [6, 6.07) is 0. The minimum atomic E-state index is 0.00347. The normalized spacial score (nSPS) is 52.2. The first-order valence-electron chi connectivity index (χ1n) is 5.23. The number of aliphatic hydroxyl groups is 1. The summed E-state index contributed by atoms with van der Waals surface area (Å²) >= 11 is 0. The third kappa shape index (κ3) is 1.10. The van der Waals surface area contributed by atoms with Crippen molar-refractivity contribution in [1.82, 2.24) is 0 Å². The van der Waals surface area contributed by atoms with Crippen LogP contribution in [-0.4, -0.2) is 11.2 Å². The van der Waals surface area contributed by atoms with Crippen molar-refractivity contribution >= 4 is 0 Å². The molecule has 0 aliphatic heterocycles. The Hall–Kier alpha value is -0.0400. The van der Waals surface area contributed by atoms with Crippen LogP contribution in [0.5, 0.6) is 0 Å². The SMILES string of the molecule is CC(C)[C@H]1CC[C@]2(C)CC2[C@H]1O. The molecule has 1 nitrogen and oxygen atoms in total. The summed E-state index contributed by atoms with van der Waals surface area (Å²) in [5.41, 5.74) is 0.533. The predicted molar refractivity (Wildman–Crippen MR) is 49.8 cm³/mol. The van der Waals surface area contributed by atoms with Gasteiger partial charge in [-0.25, -0.2) is 0 Å². The molecule has 2 fully saturated rings. The van der Waals surface area contributed by atoms with E-state index in [9.17, 15) is 5.11 Å². The highest BCUT2D eigenvalue weighted by Gasteiger charge is 2.58. The number of fused-ring (bicyclic) bond motifs is 1. The fourth-order valence-electron chi connectivity index (χ4n) is 2.96. The standard InChI is InChI=1S/C11H20O/c1-7(2)8-4-5-11(3)6-9(11)10(8)12/h7-10,12H,4-6H2,1-3H3/t8-,9?,10+,11-/m1/s1. The first kappa shape index (κ1) is 8.55. The van der Waals surface area contributed by atoms with Crippen molar-refractivity contribution in [3.63, 3.8) is 0 Å². The minimum Gasteiger partial charge on any atom is -0.393 e. The largest absolute Gasteiger partial charge is 0.393 e. The van der Waals surface area contributed by atoms with E-state index in [1.807, 2.05) is 0 Å². The molecule has 0 spiro atoms. The Morgan fingerprint density at radius 2 is 2.08 bits per heavy atom. The lowest BCUT2D eigenvalue weighted by molar-refractivity contribution is 0.0194. The van der Waals surface area contributed by atoms with E-state index >= 15 is 0 Å². The minimum absolute atomic E-state index is 0.00347. The van der Waals surface area contributed by atoms with Crippen molar-refractivity contribution in [3.8, 4) is 0 Å². The van der Waals surface area contributed by atoms with Gasteiger partial charge in [-0.2, -0.15) is 0 Å². The summed E-state index contributed by atoms with van der Waals surface area (Å²) in [7, 11) is 0. The van der Waals surface area contributed by atoms with Crippen molar-refractivity contribution in [1.29, 1.82) is 0 Å². The topological polar surface area (TPSA) is 20.2 Å². The molecule has 0 amide bonds. The average Bonchev–Trinajstić information content (AvgIpc) is 2.62. The second-order valence-corrected chi connectivity index (χ2v) is 5.40. The predicted octanol–water partition coefficient (Wildman–Crippen LogP) is 2.44. The summed E-state index contributed by atoms with van der Waals surface area (Å²) in [4.78, 5) is 0. The molecule has 1 unspecified atom stereocenters. The molecule has 0 aromatic carbocycles. The average molecular weight is 168 g/mol. The van der Waals surface area contributed by atoms with Crippen LogP contribution in [0.1, 0.15) is 40.0 Å². The molecule has 2 rings (SSSR count). The van der Waals surface area contributed by atoms with Gasteiger partial charge in [-0.3, -0.25) is 0 Å². The van der Waals surface area contributed by atoms with Crippen molar-refractivity contribution in [2.45, 2.75) is 46.1 Å². The smallest absolute Gasteiger partial charge is 0.0604 e. The molecule has 0 aromatic rings. The van der Waals surface area contributed by atoms with E-state index < -0.39 is 0 Å². The van der Waals surface area contributed by atoms with Crippen molar-refractivity contribution in [2.24, 2.45) is 23.2 Å². The molecule has 1 heteroatoms. The molecule has 0 aromatic heterocycles. The van der Waals surface area contributed by atoms with Gasteiger partial charge in [-0.1, -0.05) is 20.8 Å². The number of rotatable bonds is 1. The van der Waals surface area contributed by atoms with Gasteiger partial charge in [0.1, 0.15) is 0 Å². The van der Waals surface area contributed by atoms with Crippen LogP contribution < -0.4 is 0 Å². The van der Waals surface area contributed by atoms with E-state index in [1.54, 1.807) is 0 Å². The number of hydrogen-bond acceptors (Lipinski definition) is 1. The third-order valence-electron chi connectivity index (χ3n) is 4.18. The zero-order valence-corrected chi connectivity index (χ0v) is 8.38. The van der Waals surface area contributed by atoms with E-state index in [2.05, 4.69) is 20.8 Å². The van der Waals surface area contributed by atoms with Crippen LogP contribution in [-0.2, 0) is 0 Å². The molecule has 1 N–H and O–H groups in total. The molecule has 2 aliphatic rings. The molecule has 0 heterocycles. The van der Waals surface area contributed by atoms with Crippen LogP contribution in [0.15, 0.2) is 0 Å². The molecular weight excluding hydrogens is 148 g/mol. The van der Waals surface area contributed by atoms with Crippen molar-refractivity contribution in [2.75, 3.05) is 0 Å². The fraction of sp³-hybridized carbons (Fsp3) is 1.00. The van der Waals surface area contributed by atoms with Gasteiger partial charge in [-0.05, 0) is 42.4 Å². The Kier molecular flexibility index (Phi) is 1.76. The highest BCUT2D eigenvalue weighted by molar-refractivity contribution is 5.07. The van der Waals surface area contributed by atoms with Crippen LogP contribution in [0, 0.1) is 23.2 Å². The molecular formula is C11H20O. The molecule has 0 saturated heterocycles. The lowest BCUT2D eigenvalue weighted by atomic mass is 9.75. The van der Waals surface area contributed by atoms with Gasteiger partial charge in [0.2, 0.25) is 0 Å². The molecule has 2 aliphatic carbocycles. The molecule has 4 atom stereocenters. The van der Waals surface area contributed by atoms with E-state index in [0.717, 1.165) is 0 Å². The lowest BCUT2D eigenvalue weighted by Gasteiger charge is -2.33. The van der Waals surface area contributed by atoms with Crippen molar-refractivity contribution in [3.05, 3.63) is 0 Å². The summed E-state index contributed by atoms with van der Waals surface area (Å²) in [5, 5.41) is 10.0. The van der Waals surface area contributed by atoms with E-state index in [4.69, 9.17) is 0 Å². The van der Waals surface area contributed by atoms with Crippen molar-refractivity contribution < 1.29 is 5.11 Å². The molecule has 70 valence electrons. The van der Waals surface area contributed by atoms with Crippen LogP contribution in [0.2, 0.25) is 0 Å². The lowest BCUT2D eigenvalue weighted by Crippen LogP contribution is -2.33. The number of hydrogen-bond donors (Lipinski definition) is 1. The maximum atomic E-state index is 10.0. The van der Waals surface area contributed by atoms with E-state index in [0.29, 0.717) is 23.2 Å². The summed E-state index contributed by atoms with van der Waals surface area (Å²) in [5.74, 6) is 1.87. The Balaban J connectivity index is 2.04. The van der Waals surface area contributed by atoms with E-state index in [-0.39, 0.29) is 6.10 Å². The first-order chi connectivity index (χ1) is 5.54. The van der Waals surface area contributed by atoms with Gasteiger partial charge < -0.3 is 5.11 Å². The molecule has 2 saturated carbocycles. The molecule has 0 radical (unpaired) electrons. The van der Waals surface area contributed by atoms with Gasteiger partial charge in [0, 0.05) is 0 Å². The van der Waals surface area contributed by atoms with Gasteiger partial charge in [0.25, 0.3) is 0 Å².